The third-order valence-corrected chi connectivity index (χ3v) is 2.35. The first-order chi connectivity index (χ1) is 8.60. The van der Waals surface area contributed by atoms with Crippen molar-refractivity contribution in [2.24, 2.45) is 0 Å². The van der Waals surface area contributed by atoms with Crippen LogP contribution in [0.1, 0.15) is 16.1 Å². The summed E-state index contributed by atoms with van der Waals surface area (Å²) in [6, 6.07) is 3.66. The van der Waals surface area contributed by atoms with Crippen LogP contribution in [-0.2, 0) is 11.3 Å². The Labute approximate surface area is 101 Å². The molecule has 0 atom stereocenters. The van der Waals surface area contributed by atoms with E-state index in [1.807, 2.05) is 0 Å². The molecule has 5 nitrogen and oxygen atoms in total. The number of esters is 1. The minimum Gasteiger partial charge on any atom is -0.467 e. The quantitative estimate of drug-likeness (QED) is 0.774. The standard InChI is InChI=1S/C12H10FNO4/c1-17-12(16)8-4-10(18-7-8)6-14-5-9(13)2-3-11(14)15/h2-5,7H,6H2,1H3. The molecule has 94 valence electrons. The van der Waals surface area contributed by atoms with Gasteiger partial charge in [0.2, 0.25) is 0 Å². The van der Waals surface area contributed by atoms with Crippen LogP contribution in [0.2, 0.25) is 0 Å². The number of pyridine rings is 1. The van der Waals surface area contributed by atoms with Crippen LogP contribution in [0.15, 0.2) is 39.9 Å². The van der Waals surface area contributed by atoms with Crippen molar-refractivity contribution in [3.8, 4) is 0 Å². The van der Waals surface area contributed by atoms with E-state index in [0.717, 1.165) is 22.9 Å². The molecular weight excluding hydrogens is 241 g/mol. The minimum atomic E-state index is -0.531. The molecule has 0 saturated heterocycles. The zero-order valence-corrected chi connectivity index (χ0v) is 9.55. The first-order valence-corrected chi connectivity index (χ1v) is 5.12. The number of hydrogen-bond donors (Lipinski definition) is 0. The number of nitrogens with zero attached hydrogens (tertiary/aromatic N) is 1. The van der Waals surface area contributed by atoms with E-state index in [-0.39, 0.29) is 17.7 Å². The number of ether oxygens (including phenoxy) is 1. The molecule has 0 bridgehead atoms. The minimum absolute atomic E-state index is 0.0492. The summed E-state index contributed by atoms with van der Waals surface area (Å²) < 4.78 is 23.7. The van der Waals surface area contributed by atoms with Gasteiger partial charge in [0.15, 0.2) is 0 Å². The van der Waals surface area contributed by atoms with E-state index in [9.17, 15) is 14.0 Å². The Morgan fingerprint density at radius 1 is 1.50 bits per heavy atom. The van der Waals surface area contributed by atoms with Crippen molar-refractivity contribution in [1.82, 2.24) is 4.57 Å². The summed E-state index contributed by atoms with van der Waals surface area (Å²) in [6.07, 6.45) is 2.30. The van der Waals surface area contributed by atoms with Gasteiger partial charge in [-0.05, 0) is 12.1 Å². The van der Waals surface area contributed by atoms with Gasteiger partial charge in [-0.1, -0.05) is 0 Å². The molecule has 0 saturated carbocycles. The zero-order valence-electron chi connectivity index (χ0n) is 9.55. The topological polar surface area (TPSA) is 61.4 Å². The predicted octanol–water partition coefficient (Wildman–Crippen LogP) is 1.42. The molecule has 0 fully saturated rings. The molecule has 2 heterocycles. The lowest BCUT2D eigenvalue weighted by Crippen LogP contribution is -2.19. The van der Waals surface area contributed by atoms with E-state index >= 15 is 0 Å². The van der Waals surface area contributed by atoms with Gasteiger partial charge in [0.1, 0.15) is 17.8 Å². The number of hydrogen-bond acceptors (Lipinski definition) is 4. The summed E-state index contributed by atoms with van der Waals surface area (Å²) in [5, 5.41) is 0. The summed E-state index contributed by atoms with van der Waals surface area (Å²) in [4.78, 5) is 22.6. The molecule has 0 aliphatic rings. The Bertz CT molecular complexity index is 629. The van der Waals surface area contributed by atoms with Crippen molar-refractivity contribution in [2.45, 2.75) is 6.54 Å². The Balaban J connectivity index is 2.24. The van der Waals surface area contributed by atoms with E-state index in [2.05, 4.69) is 4.74 Å². The number of aromatic nitrogens is 1. The van der Waals surface area contributed by atoms with Crippen molar-refractivity contribution in [1.29, 1.82) is 0 Å². The highest BCUT2D eigenvalue weighted by Gasteiger charge is 2.11. The maximum Gasteiger partial charge on any atom is 0.341 e. The molecular formula is C12H10FNO4. The first-order valence-electron chi connectivity index (χ1n) is 5.12. The lowest BCUT2D eigenvalue weighted by atomic mass is 10.3. The van der Waals surface area contributed by atoms with Gasteiger partial charge in [0.05, 0.1) is 19.2 Å². The maximum absolute atomic E-state index is 13.0. The molecule has 0 spiro atoms. The molecule has 0 unspecified atom stereocenters. The van der Waals surface area contributed by atoms with Crippen LogP contribution in [0.25, 0.3) is 0 Å². The molecule has 0 aliphatic heterocycles. The van der Waals surface area contributed by atoms with Crippen molar-refractivity contribution < 1.29 is 18.3 Å². The van der Waals surface area contributed by atoms with Gasteiger partial charge in [0.25, 0.3) is 5.56 Å². The number of halogens is 1. The highest BCUT2D eigenvalue weighted by molar-refractivity contribution is 5.88. The van der Waals surface area contributed by atoms with Gasteiger partial charge >= 0.3 is 5.97 Å². The lowest BCUT2D eigenvalue weighted by Gasteiger charge is -2.01. The second kappa shape index (κ2) is 4.87. The Morgan fingerprint density at radius 2 is 2.28 bits per heavy atom. The van der Waals surface area contributed by atoms with Gasteiger partial charge < -0.3 is 13.7 Å². The molecule has 18 heavy (non-hydrogen) atoms. The second-order valence-electron chi connectivity index (χ2n) is 3.61. The Hall–Kier alpha value is -2.37. The summed E-state index contributed by atoms with van der Waals surface area (Å²) in [7, 11) is 1.26. The summed E-state index contributed by atoms with van der Waals surface area (Å²) in [6.45, 7) is 0.0492. The normalized spacial score (nSPS) is 10.3. The monoisotopic (exact) mass is 251 g/mol. The average Bonchev–Trinajstić information content (AvgIpc) is 2.81. The number of carbonyl (C=O) groups excluding carboxylic acids is 1. The summed E-state index contributed by atoms with van der Waals surface area (Å²) in [5.41, 5.74) is -0.107. The fraction of sp³-hybridized carbons (Fsp3) is 0.167. The van der Waals surface area contributed by atoms with E-state index in [4.69, 9.17) is 4.42 Å². The zero-order chi connectivity index (χ0) is 13.1. The number of rotatable bonds is 3. The van der Waals surface area contributed by atoms with Crippen LogP contribution in [-0.4, -0.2) is 17.6 Å². The molecule has 0 N–H and O–H groups in total. The van der Waals surface area contributed by atoms with Crippen molar-refractivity contribution in [3.05, 3.63) is 58.2 Å². The average molecular weight is 251 g/mol. The van der Waals surface area contributed by atoms with E-state index in [1.54, 1.807) is 0 Å². The predicted molar refractivity (Wildman–Crippen MR) is 59.8 cm³/mol. The number of methoxy groups -OCH3 is 1. The molecule has 0 aliphatic carbocycles. The highest BCUT2D eigenvalue weighted by Crippen LogP contribution is 2.10. The van der Waals surface area contributed by atoms with Crippen LogP contribution >= 0.6 is 0 Å². The third-order valence-electron chi connectivity index (χ3n) is 2.35. The molecule has 2 aromatic heterocycles. The smallest absolute Gasteiger partial charge is 0.341 e. The van der Waals surface area contributed by atoms with Gasteiger partial charge in [-0.15, -0.1) is 0 Å². The molecule has 6 heteroatoms. The Morgan fingerprint density at radius 3 is 3.00 bits per heavy atom. The first kappa shape index (κ1) is 12.1. The van der Waals surface area contributed by atoms with Crippen LogP contribution in [0.5, 0.6) is 0 Å². The van der Waals surface area contributed by atoms with Crippen LogP contribution < -0.4 is 5.56 Å². The number of carbonyl (C=O) groups is 1. The number of furan rings is 1. The third kappa shape index (κ3) is 2.48. The van der Waals surface area contributed by atoms with E-state index in [0.29, 0.717) is 5.76 Å². The molecule has 2 aromatic rings. The van der Waals surface area contributed by atoms with E-state index < -0.39 is 11.8 Å². The van der Waals surface area contributed by atoms with E-state index in [1.165, 1.54) is 19.4 Å². The molecule has 0 radical (unpaired) electrons. The van der Waals surface area contributed by atoms with Gasteiger partial charge in [-0.3, -0.25) is 4.79 Å². The van der Waals surface area contributed by atoms with Gasteiger partial charge in [0, 0.05) is 12.3 Å². The second-order valence-corrected chi connectivity index (χ2v) is 3.61. The van der Waals surface area contributed by atoms with Crippen molar-refractivity contribution >= 4 is 5.97 Å². The van der Waals surface area contributed by atoms with Crippen LogP contribution in [0, 0.1) is 5.82 Å². The highest BCUT2D eigenvalue weighted by atomic mass is 19.1. The van der Waals surface area contributed by atoms with Gasteiger partial charge in [-0.2, -0.15) is 0 Å². The van der Waals surface area contributed by atoms with Crippen molar-refractivity contribution in [3.63, 3.8) is 0 Å². The fourth-order valence-corrected chi connectivity index (χ4v) is 1.48. The van der Waals surface area contributed by atoms with Crippen LogP contribution in [0.4, 0.5) is 4.39 Å². The summed E-state index contributed by atoms with van der Waals surface area (Å²) in [5.74, 6) is -0.686. The largest absolute Gasteiger partial charge is 0.467 e. The molecule has 0 aromatic carbocycles. The summed E-state index contributed by atoms with van der Waals surface area (Å²) >= 11 is 0. The van der Waals surface area contributed by atoms with Crippen molar-refractivity contribution in [2.75, 3.05) is 7.11 Å². The SMILES string of the molecule is COC(=O)c1coc(Cn2cc(F)ccc2=O)c1. The van der Waals surface area contributed by atoms with Gasteiger partial charge in [-0.25, -0.2) is 9.18 Å². The maximum atomic E-state index is 13.0. The molecule has 2 rings (SSSR count). The lowest BCUT2D eigenvalue weighted by molar-refractivity contribution is 0.0600. The Kier molecular flexibility index (Phi) is 3.27. The fourth-order valence-electron chi connectivity index (χ4n) is 1.48. The molecule has 0 amide bonds. The van der Waals surface area contributed by atoms with Crippen LogP contribution in [0.3, 0.4) is 0 Å².